The first-order valence-electron chi connectivity index (χ1n) is 5.96. The maximum atomic E-state index is 11.8. The molecule has 0 aliphatic carbocycles. The molecule has 1 heterocycles. The molecule has 1 atom stereocenters. The summed E-state index contributed by atoms with van der Waals surface area (Å²) in [6.45, 7) is 0.838. The lowest BCUT2D eigenvalue weighted by molar-refractivity contribution is -0.141. The Morgan fingerprint density at radius 2 is 2.16 bits per heavy atom. The number of carboxylic acid groups (broad SMARTS) is 1. The quantitative estimate of drug-likeness (QED) is 0.926. The highest BCUT2D eigenvalue weighted by Crippen LogP contribution is 2.19. The summed E-state index contributed by atoms with van der Waals surface area (Å²) in [6, 6.07) is 7.48. The van der Waals surface area contributed by atoms with Crippen molar-refractivity contribution in [2.75, 3.05) is 13.1 Å². The van der Waals surface area contributed by atoms with Crippen LogP contribution >= 0.6 is 15.9 Å². The molecule has 1 aromatic rings. The Balaban J connectivity index is 1.86. The number of carboxylic acids is 1. The van der Waals surface area contributed by atoms with Crippen LogP contribution in [-0.2, 0) is 16.1 Å². The number of hydrogen-bond donors (Lipinski definition) is 1. The molecule has 5 nitrogen and oxygen atoms in total. The van der Waals surface area contributed by atoms with Crippen LogP contribution in [0.3, 0.4) is 0 Å². The van der Waals surface area contributed by atoms with Crippen molar-refractivity contribution < 1.29 is 19.4 Å². The number of nitrogens with zero attached hydrogens (tertiary/aromatic N) is 1. The zero-order valence-corrected chi connectivity index (χ0v) is 11.8. The predicted octanol–water partition coefficient (Wildman–Crippen LogP) is 2.49. The molecule has 1 fully saturated rings. The lowest BCUT2D eigenvalue weighted by Crippen LogP contribution is -2.30. The van der Waals surface area contributed by atoms with Crippen LogP contribution in [0, 0.1) is 5.92 Å². The molecule has 102 valence electrons. The van der Waals surface area contributed by atoms with Gasteiger partial charge >= 0.3 is 12.1 Å². The van der Waals surface area contributed by atoms with Gasteiger partial charge in [0.15, 0.2) is 0 Å². The molecular weight excluding hydrogens is 314 g/mol. The van der Waals surface area contributed by atoms with E-state index in [0.29, 0.717) is 13.0 Å². The maximum absolute atomic E-state index is 11.8. The fourth-order valence-corrected chi connectivity index (χ4v) is 2.37. The van der Waals surface area contributed by atoms with Crippen molar-refractivity contribution in [3.05, 3.63) is 34.3 Å². The first kappa shape index (κ1) is 13.9. The van der Waals surface area contributed by atoms with E-state index in [2.05, 4.69) is 15.9 Å². The molecule has 1 N–H and O–H groups in total. The van der Waals surface area contributed by atoms with E-state index in [9.17, 15) is 9.59 Å². The van der Waals surface area contributed by atoms with Crippen LogP contribution < -0.4 is 0 Å². The molecule has 0 aromatic heterocycles. The molecule has 0 radical (unpaired) electrons. The molecule has 6 heteroatoms. The third-order valence-electron chi connectivity index (χ3n) is 3.10. The zero-order valence-electron chi connectivity index (χ0n) is 10.2. The number of hydrogen-bond acceptors (Lipinski definition) is 3. The molecule has 1 aliphatic rings. The molecule has 1 aromatic carbocycles. The average Bonchev–Trinajstić information content (AvgIpc) is 2.87. The number of carbonyl (C=O) groups excluding carboxylic acids is 1. The molecule has 1 aliphatic heterocycles. The minimum atomic E-state index is -0.860. The molecule has 19 heavy (non-hydrogen) atoms. The number of ether oxygens (including phenoxy) is 1. The van der Waals surface area contributed by atoms with Crippen molar-refractivity contribution in [1.29, 1.82) is 0 Å². The summed E-state index contributed by atoms with van der Waals surface area (Å²) in [5, 5.41) is 8.87. The molecule has 0 bridgehead atoms. The Hall–Kier alpha value is -1.56. The van der Waals surface area contributed by atoms with E-state index in [1.54, 1.807) is 0 Å². The SMILES string of the molecule is O=C(O)C1CCN(C(=O)OCc2ccccc2Br)C1. The highest BCUT2D eigenvalue weighted by Gasteiger charge is 2.31. The van der Waals surface area contributed by atoms with Crippen molar-refractivity contribution in [2.45, 2.75) is 13.0 Å². The lowest BCUT2D eigenvalue weighted by Gasteiger charge is -2.16. The van der Waals surface area contributed by atoms with Gasteiger partial charge in [0.25, 0.3) is 0 Å². The molecule has 1 saturated heterocycles. The number of halogens is 1. The van der Waals surface area contributed by atoms with Gasteiger partial charge in [-0.25, -0.2) is 4.79 Å². The molecule has 2 rings (SSSR count). The Kier molecular flexibility index (Phi) is 4.42. The molecule has 1 unspecified atom stereocenters. The van der Waals surface area contributed by atoms with E-state index >= 15 is 0 Å². The Bertz CT molecular complexity index is 491. The number of rotatable bonds is 3. The number of carbonyl (C=O) groups is 2. The van der Waals surface area contributed by atoms with Gasteiger partial charge in [-0.2, -0.15) is 0 Å². The first-order valence-corrected chi connectivity index (χ1v) is 6.75. The number of aliphatic carboxylic acids is 1. The maximum Gasteiger partial charge on any atom is 0.410 e. The summed E-state index contributed by atoms with van der Waals surface area (Å²) < 4.78 is 6.07. The Morgan fingerprint density at radius 3 is 2.79 bits per heavy atom. The van der Waals surface area contributed by atoms with Gasteiger partial charge in [-0.1, -0.05) is 34.1 Å². The Labute approximate surface area is 119 Å². The van der Waals surface area contributed by atoms with Crippen molar-refractivity contribution in [1.82, 2.24) is 4.90 Å². The smallest absolute Gasteiger partial charge is 0.410 e. The molecule has 1 amide bonds. The van der Waals surface area contributed by atoms with Crippen LogP contribution in [0.1, 0.15) is 12.0 Å². The number of benzene rings is 1. The summed E-state index contributed by atoms with van der Waals surface area (Å²) in [5.41, 5.74) is 0.879. The molecular formula is C13H14BrNO4. The fraction of sp³-hybridized carbons (Fsp3) is 0.385. The molecule has 0 spiro atoms. The van der Waals surface area contributed by atoms with E-state index in [4.69, 9.17) is 9.84 Å². The van der Waals surface area contributed by atoms with Crippen molar-refractivity contribution in [3.8, 4) is 0 Å². The third-order valence-corrected chi connectivity index (χ3v) is 3.88. The number of likely N-dealkylation sites (tertiary alicyclic amines) is 1. The Morgan fingerprint density at radius 1 is 1.42 bits per heavy atom. The first-order chi connectivity index (χ1) is 9.08. The van der Waals surface area contributed by atoms with Gasteiger partial charge in [-0.05, 0) is 12.5 Å². The molecule has 0 saturated carbocycles. The van der Waals surface area contributed by atoms with Crippen LogP contribution in [0.5, 0.6) is 0 Å². The largest absolute Gasteiger partial charge is 0.481 e. The van der Waals surface area contributed by atoms with E-state index in [1.807, 2.05) is 24.3 Å². The van der Waals surface area contributed by atoms with Crippen molar-refractivity contribution >= 4 is 28.0 Å². The second kappa shape index (κ2) is 6.06. The van der Waals surface area contributed by atoms with E-state index in [0.717, 1.165) is 10.0 Å². The third kappa shape index (κ3) is 3.47. The average molecular weight is 328 g/mol. The normalized spacial score (nSPS) is 18.4. The second-order valence-corrected chi connectivity index (χ2v) is 5.27. The zero-order chi connectivity index (χ0) is 13.8. The van der Waals surface area contributed by atoms with Gasteiger partial charge < -0.3 is 14.7 Å². The van der Waals surface area contributed by atoms with Crippen molar-refractivity contribution in [2.24, 2.45) is 5.92 Å². The second-order valence-electron chi connectivity index (χ2n) is 4.42. The van der Waals surface area contributed by atoms with Crippen molar-refractivity contribution in [3.63, 3.8) is 0 Å². The van der Waals surface area contributed by atoms with Gasteiger partial charge in [0.1, 0.15) is 6.61 Å². The van der Waals surface area contributed by atoms with Crippen LogP contribution in [-0.4, -0.2) is 35.2 Å². The minimum Gasteiger partial charge on any atom is -0.481 e. The minimum absolute atomic E-state index is 0.175. The topological polar surface area (TPSA) is 66.8 Å². The highest BCUT2D eigenvalue weighted by atomic mass is 79.9. The number of amides is 1. The summed E-state index contributed by atoms with van der Waals surface area (Å²) in [6.07, 6.45) is 0.0268. The van der Waals surface area contributed by atoms with Gasteiger partial charge in [0, 0.05) is 23.1 Å². The van der Waals surface area contributed by atoms with Gasteiger partial charge in [0.2, 0.25) is 0 Å². The monoisotopic (exact) mass is 327 g/mol. The van der Waals surface area contributed by atoms with Gasteiger partial charge in [-0.15, -0.1) is 0 Å². The van der Waals surface area contributed by atoms with Gasteiger partial charge in [0.05, 0.1) is 5.92 Å². The lowest BCUT2D eigenvalue weighted by atomic mass is 10.1. The van der Waals surface area contributed by atoms with Crippen LogP contribution in [0.2, 0.25) is 0 Å². The van der Waals surface area contributed by atoms with Crippen LogP contribution in [0.15, 0.2) is 28.7 Å². The van der Waals surface area contributed by atoms with Crippen LogP contribution in [0.4, 0.5) is 4.79 Å². The fourth-order valence-electron chi connectivity index (χ4n) is 1.97. The van der Waals surface area contributed by atoms with E-state index in [1.165, 1.54) is 4.90 Å². The summed E-state index contributed by atoms with van der Waals surface area (Å²) in [7, 11) is 0. The summed E-state index contributed by atoms with van der Waals surface area (Å²) in [4.78, 5) is 24.0. The summed E-state index contributed by atoms with van der Waals surface area (Å²) in [5.74, 6) is -1.34. The van der Waals surface area contributed by atoms with E-state index < -0.39 is 18.0 Å². The van der Waals surface area contributed by atoms with Gasteiger partial charge in [-0.3, -0.25) is 4.79 Å². The summed E-state index contributed by atoms with van der Waals surface area (Å²) >= 11 is 3.38. The highest BCUT2D eigenvalue weighted by molar-refractivity contribution is 9.10. The van der Waals surface area contributed by atoms with E-state index in [-0.39, 0.29) is 13.2 Å². The predicted molar refractivity (Wildman–Crippen MR) is 71.6 cm³/mol. The standard InChI is InChI=1S/C13H14BrNO4/c14-11-4-2-1-3-10(11)8-19-13(18)15-6-5-9(7-15)12(16)17/h1-4,9H,5-8H2,(H,16,17). The van der Waals surface area contributed by atoms with Crippen LogP contribution in [0.25, 0.3) is 0 Å².